The fourth-order valence-electron chi connectivity index (χ4n) is 2.18. The number of nitrogens with one attached hydrogen (secondary N) is 2. The third-order valence-electron chi connectivity index (χ3n) is 3.40. The zero-order valence-electron chi connectivity index (χ0n) is 13.0. The Balaban J connectivity index is 0.00000361. The maximum Gasteiger partial charge on any atom is 0.230 e. The highest BCUT2D eigenvalue weighted by Gasteiger charge is 2.30. The Morgan fingerprint density at radius 1 is 1.15 bits per heavy atom. The topological polar surface area (TPSA) is 41.1 Å². The van der Waals surface area contributed by atoms with Crippen LogP contribution in [0.3, 0.4) is 0 Å². The molecule has 3 nitrogen and oxygen atoms in total. The van der Waals surface area contributed by atoms with E-state index in [1.54, 1.807) is 0 Å². The third-order valence-corrected chi connectivity index (χ3v) is 3.40. The lowest BCUT2D eigenvalue weighted by Gasteiger charge is -2.26. The molecule has 1 aromatic rings. The van der Waals surface area contributed by atoms with Crippen molar-refractivity contribution in [2.24, 2.45) is 0 Å². The van der Waals surface area contributed by atoms with Crippen LogP contribution in [-0.2, 0) is 10.2 Å². The second kappa shape index (κ2) is 8.98. The van der Waals surface area contributed by atoms with Gasteiger partial charge in [-0.15, -0.1) is 12.4 Å². The molecule has 1 amide bonds. The minimum atomic E-state index is -0.490. The predicted octanol–water partition coefficient (Wildman–Crippen LogP) is 2.81. The molecule has 4 heteroatoms. The Kier molecular flexibility index (Phi) is 8.51. The van der Waals surface area contributed by atoms with Gasteiger partial charge in [-0.25, -0.2) is 0 Å². The number of hydrogen-bond donors (Lipinski definition) is 2. The van der Waals surface area contributed by atoms with Crippen LogP contribution >= 0.6 is 12.4 Å². The Bertz CT molecular complexity index is 419. The number of carbonyl (C=O) groups is 1. The van der Waals surface area contributed by atoms with Gasteiger partial charge in [-0.05, 0) is 44.9 Å². The van der Waals surface area contributed by atoms with Gasteiger partial charge in [0.1, 0.15) is 0 Å². The van der Waals surface area contributed by atoms with Gasteiger partial charge in [-0.3, -0.25) is 4.79 Å². The second-order valence-corrected chi connectivity index (χ2v) is 5.45. The lowest BCUT2D eigenvalue weighted by molar-refractivity contribution is -0.125. The summed E-state index contributed by atoms with van der Waals surface area (Å²) in [7, 11) is 0. The highest BCUT2D eigenvalue weighted by Crippen LogP contribution is 2.26. The first-order chi connectivity index (χ1) is 9.00. The molecule has 0 aromatic heterocycles. The van der Waals surface area contributed by atoms with Crippen LogP contribution in [0.1, 0.15) is 38.3 Å². The smallest absolute Gasteiger partial charge is 0.230 e. The quantitative estimate of drug-likeness (QED) is 0.760. The maximum atomic E-state index is 12.3. The lowest BCUT2D eigenvalue weighted by Crippen LogP contribution is -2.43. The lowest BCUT2D eigenvalue weighted by atomic mass is 9.81. The maximum absolute atomic E-state index is 12.3. The molecule has 1 rings (SSSR count). The first-order valence-corrected chi connectivity index (χ1v) is 7.05. The summed E-state index contributed by atoms with van der Waals surface area (Å²) in [5.41, 5.74) is 1.76. The molecule has 0 aliphatic heterocycles. The van der Waals surface area contributed by atoms with Gasteiger partial charge in [-0.1, -0.05) is 31.2 Å². The van der Waals surface area contributed by atoms with Crippen molar-refractivity contribution >= 4 is 18.3 Å². The summed E-state index contributed by atoms with van der Waals surface area (Å²) in [6, 6.07) is 8.07. The van der Waals surface area contributed by atoms with Crippen LogP contribution in [0.2, 0.25) is 0 Å². The standard InChI is InChI=1S/C16H26N2O.ClH/c1-5-10-17-11-12-18-15(19)16(3,4)14-9-7-6-8-13(14)2;/h6-9,17H,5,10-12H2,1-4H3,(H,18,19);1H. The number of benzene rings is 1. The fourth-order valence-corrected chi connectivity index (χ4v) is 2.18. The summed E-state index contributed by atoms with van der Waals surface area (Å²) >= 11 is 0. The van der Waals surface area contributed by atoms with E-state index >= 15 is 0 Å². The molecule has 0 aliphatic rings. The molecule has 0 heterocycles. The van der Waals surface area contributed by atoms with Gasteiger partial charge in [0.05, 0.1) is 5.41 Å². The number of amides is 1. The molecule has 0 spiro atoms. The summed E-state index contributed by atoms with van der Waals surface area (Å²) < 4.78 is 0. The number of carbonyl (C=O) groups excluding carboxylic acids is 1. The molecule has 0 unspecified atom stereocenters. The van der Waals surface area contributed by atoms with Crippen molar-refractivity contribution in [2.45, 2.75) is 39.5 Å². The predicted molar refractivity (Wildman–Crippen MR) is 87.6 cm³/mol. The number of hydrogen-bond acceptors (Lipinski definition) is 2. The van der Waals surface area contributed by atoms with E-state index in [9.17, 15) is 4.79 Å². The molecule has 0 aliphatic carbocycles. The van der Waals surface area contributed by atoms with E-state index in [1.165, 1.54) is 0 Å². The zero-order valence-corrected chi connectivity index (χ0v) is 13.8. The Hall–Kier alpha value is -1.06. The van der Waals surface area contributed by atoms with Crippen LogP contribution in [0, 0.1) is 6.92 Å². The highest BCUT2D eigenvalue weighted by atomic mass is 35.5. The van der Waals surface area contributed by atoms with E-state index in [2.05, 4.69) is 17.6 Å². The van der Waals surface area contributed by atoms with E-state index in [4.69, 9.17) is 0 Å². The zero-order chi connectivity index (χ0) is 14.3. The summed E-state index contributed by atoms with van der Waals surface area (Å²) in [6.07, 6.45) is 1.11. The Morgan fingerprint density at radius 3 is 2.40 bits per heavy atom. The molecule has 0 saturated carbocycles. The highest BCUT2D eigenvalue weighted by molar-refractivity contribution is 5.87. The van der Waals surface area contributed by atoms with E-state index in [1.807, 2.05) is 45.0 Å². The molecule has 1 aromatic carbocycles. The average molecular weight is 299 g/mol. The molecule has 0 saturated heterocycles. The summed E-state index contributed by atoms with van der Waals surface area (Å²) in [5, 5.41) is 6.28. The molecule has 0 radical (unpaired) electrons. The van der Waals surface area contributed by atoms with E-state index < -0.39 is 5.41 Å². The van der Waals surface area contributed by atoms with Crippen molar-refractivity contribution in [1.82, 2.24) is 10.6 Å². The van der Waals surface area contributed by atoms with Crippen LogP contribution in [0.5, 0.6) is 0 Å². The number of rotatable bonds is 7. The molecular formula is C16H27ClN2O. The van der Waals surface area contributed by atoms with Gasteiger partial charge in [0.25, 0.3) is 0 Å². The minimum Gasteiger partial charge on any atom is -0.354 e. The Morgan fingerprint density at radius 2 is 1.80 bits per heavy atom. The van der Waals surface area contributed by atoms with E-state index in [-0.39, 0.29) is 18.3 Å². The molecule has 0 fully saturated rings. The van der Waals surface area contributed by atoms with Crippen LogP contribution < -0.4 is 10.6 Å². The molecular weight excluding hydrogens is 272 g/mol. The largest absolute Gasteiger partial charge is 0.354 e. The molecule has 0 bridgehead atoms. The third kappa shape index (κ3) is 5.14. The van der Waals surface area contributed by atoms with Gasteiger partial charge in [0.15, 0.2) is 0 Å². The van der Waals surface area contributed by atoms with Crippen molar-refractivity contribution < 1.29 is 4.79 Å². The van der Waals surface area contributed by atoms with Gasteiger partial charge < -0.3 is 10.6 Å². The van der Waals surface area contributed by atoms with Crippen LogP contribution in [0.25, 0.3) is 0 Å². The molecule has 114 valence electrons. The average Bonchev–Trinajstić information content (AvgIpc) is 2.38. The Labute approximate surface area is 128 Å². The minimum absolute atomic E-state index is 0. The summed E-state index contributed by atoms with van der Waals surface area (Å²) in [5.74, 6) is 0.0834. The monoisotopic (exact) mass is 298 g/mol. The van der Waals surface area contributed by atoms with Crippen molar-refractivity contribution in [2.75, 3.05) is 19.6 Å². The van der Waals surface area contributed by atoms with Gasteiger partial charge in [0, 0.05) is 13.1 Å². The first-order valence-electron chi connectivity index (χ1n) is 7.05. The number of aryl methyl sites for hydroxylation is 1. The normalized spacial score (nSPS) is 10.8. The van der Waals surface area contributed by atoms with E-state index in [0.29, 0.717) is 6.54 Å². The van der Waals surface area contributed by atoms with Crippen molar-refractivity contribution in [1.29, 1.82) is 0 Å². The van der Waals surface area contributed by atoms with Crippen molar-refractivity contribution in [3.8, 4) is 0 Å². The molecule has 20 heavy (non-hydrogen) atoms. The molecule has 0 atom stereocenters. The molecule has 2 N–H and O–H groups in total. The first kappa shape index (κ1) is 18.9. The summed E-state index contributed by atoms with van der Waals surface area (Å²) in [4.78, 5) is 12.3. The fraction of sp³-hybridized carbons (Fsp3) is 0.562. The van der Waals surface area contributed by atoms with Gasteiger partial charge >= 0.3 is 0 Å². The van der Waals surface area contributed by atoms with Gasteiger partial charge in [-0.2, -0.15) is 0 Å². The van der Waals surface area contributed by atoms with Crippen molar-refractivity contribution in [3.63, 3.8) is 0 Å². The van der Waals surface area contributed by atoms with Crippen LogP contribution in [0.15, 0.2) is 24.3 Å². The van der Waals surface area contributed by atoms with E-state index in [0.717, 1.165) is 30.6 Å². The van der Waals surface area contributed by atoms with Crippen LogP contribution in [-0.4, -0.2) is 25.5 Å². The van der Waals surface area contributed by atoms with Crippen molar-refractivity contribution in [3.05, 3.63) is 35.4 Å². The van der Waals surface area contributed by atoms with Gasteiger partial charge in [0.2, 0.25) is 5.91 Å². The SMILES string of the molecule is CCCNCCNC(=O)C(C)(C)c1ccccc1C.Cl. The van der Waals surface area contributed by atoms with Crippen LogP contribution in [0.4, 0.5) is 0 Å². The number of halogens is 1. The second-order valence-electron chi connectivity index (χ2n) is 5.45. The summed E-state index contributed by atoms with van der Waals surface area (Å²) in [6.45, 7) is 10.6.